The Morgan fingerprint density at radius 2 is 2.10 bits per heavy atom. The van der Waals surface area contributed by atoms with E-state index in [4.69, 9.17) is 11.6 Å². The maximum atomic E-state index is 12.3. The highest BCUT2D eigenvalue weighted by atomic mass is 35.5. The van der Waals surface area contributed by atoms with E-state index in [0.717, 1.165) is 41.4 Å². The molecule has 1 aromatic heterocycles. The molecule has 3 nitrogen and oxygen atoms in total. The average molecular weight is 293 g/mol. The van der Waals surface area contributed by atoms with Gasteiger partial charge in [0.05, 0.1) is 11.2 Å². The van der Waals surface area contributed by atoms with Crippen LogP contribution in [0.15, 0.2) is 23.0 Å². The smallest absolute Gasteiger partial charge is 0.253 e. The fourth-order valence-electron chi connectivity index (χ4n) is 2.31. The molecule has 0 aliphatic rings. The predicted molar refractivity (Wildman–Crippen MR) is 86.9 cm³/mol. The van der Waals surface area contributed by atoms with E-state index in [1.54, 1.807) is 6.07 Å². The molecule has 2 aromatic rings. The van der Waals surface area contributed by atoms with Gasteiger partial charge in [0, 0.05) is 22.0 Å². The number of aromatic nitrogens is 1. The molecule has 0 aliphatic carbocycles. The first-order chi connectivity index (χ1) is 9.56. The molecule has 0 spiro atoms. The standard InChI is InChI=1S/C16H21ClN2O/c1-4-6-12-15(18-10(3)5-2)13-9-11(17)7-8-14(13)19-16(12)20/h7-10H,4-6H2,1-3H3,(H2,18,19,20). The van der Waals surface area contributed by atoms with Gasteiger partial charge >= 0.3 is 0 Å². The van der Waals surface area contributed by atoms with E-state index in [1.165, 1.54) is 0 Å². The number of aromatic amines is 1. The molecule has 0 radical (unpaired) electrons. The molecular formula is C16H21ClN2O. The van der Waals surface area contributed by atoms with Gasteiger partial charge < -0.3 is 10.3 Å². The second-order valence-corrected chi connectivity index (χ2v) is 5.64. The maximum Gasteiger partial charge on any atom is 0.253 e. The fourth-order valence-corrected chi connectivity index (χ4v) is 2.48. The normalized spacial score (nSPS) is 12.6. The molecule has 1 aromatic carbocycles. The second kappa shape index (κ2) is 6.31. The van der Waals surface area contributed by atoms with Crippen LogP contribution in [0.2, 0.25) is 5.02 Å². The Bertz CT molecular complexity index is 663. The van der Waals surface area contributed by atoms with Gasteiger partial charge in [0.2, 0.25) is 0 Å². The largest absolute Gasteiger partial charge is 0.382 e. The Hall–Kier alpha value is -1.48. The lowest BCUT2D eigenvalue weighted by atomic mass is 10.0. The van der Waals surface area contributed by atoms with Crippen molar-refractivity contribution in [3.05, 3.63) is 39.1 Å². The molecule has 2 rings (SSSR count). The van der Waals surface area contributed by atoms with Crippen LogP contribution in [0.5, 0.6) is 0 Å². The molecule has 0 bridgehead atoms. The van der Waals surface area contributed by atoms with Crippen LogP contribution in [0.1, 0.15) is 39.2 Å². The summed E-state index contributed by atoms with van der Waals surface area (Å²) in [6.45, 7) is 6.32. The summed E-state index contributed by atoms with van der Waals surface area (Å²) in [5.74, 6) is 0. The van der Waals surface area contributed by atoms with Crippen molar-refractivity contribution in [1.82, 2.24) is 4.98 Å². The Balaban J connectivity index is 2.70. The third-order valence-electron chi connectivity index (χ3n) is 3.58. The van der Waals surface area contributed by atoms with Gasteiger partial charge in [-0.15, -0.1) is 0 Å². The maximum absolute atomic E-state index is 12.3. The predicted octanol–water partition coefficient (Wildman–Crippen LogP) is 4.34. The number of hydrogen-bond acceptors (Lipinski definition) is 2. The van der Waals surface area contributed by atoms with E-state index in [9.17, 15) is 4.79 Å². The molecule has 1 unspecified atom stereocenters. The van der Waals surface area contributed by atoms with Gasteiger partial charge in [-0.1, -0.05) is 31.9 Å². The van der Waals surface area contributed by atoms with Gasteiger partial charge in [0.25, 0.3) is 5.56 Å². The Morgan fingerprint density at radius 3 is 2.75 bits per heavy atom. The number of nitrogens with one attached hydrogen (secondary N) is 2. The molecule has 0 amide bonds. The molecule has 0 saturated carbocycles. The Labute approximate surface area is 124 Å². The summed E-state index contributed by atoms with van der Waals surface area (Å²) in [6.07, 6.45) is 2.70. The molecule has 108 valence electrons. The van der Waals surface area contributed by atoms with E-state index in [0.29, 0.717) is 11.1 Å². The van der Waals surface area contributed by atoms with E-state index in [2.05, 4.69) is 31.1 Å². The van der Waals surface area contributed by atoms with Crippen molar-refractivity contribution in [3.8, 4) is 0 Å². The zero-order chi connectivity index (χ0) is 14.7. The summed E-state index contributed by atoms with van der Waals surface area (Å²) in [5, 5.41) is 5.14. The fraction of sp³-hybridized carbons (Fsp3) is 0.438. The molecule has 20 heavy (non-hydrogen) atoms. The summed E-state index contributed by atoms with van der Waals surface area (Å²) < 4.78 is 0. The van der Waals surface area contributed by atoms with Crippen LogP contribution in [-0.4, -0.2) is 11.0 Å². The number of pyridine rings is 1. The number of benzene rings is 1. The second-order valence-electron chi connectivity index (χ2n) is 5.20. The van der Waals surface area contributed by atoms with Gasteiger partial charge in [0.1, 0.15) is 0 Å². The van der Waals surface area contributed by atoms with Crippen LogP contribution in [0, 0.1) is 0 Å². The molecule has 0 saturated heterocycles. The van der Waals surface area contributed by atoms with Gasteiger partial charge in [-0.3, -0.25) is 4.79 Å². The SMILES string of the molecule is CCCc1c(NC(C)CC)c2cc(Cl)ccc2[nH]c1=O. The number of H-pyrrole nitrogens is 1. The number of fused-ring (bicyclic) bond motifs is 1. The quantitative estimate of drug-likeness (QED) is 0.861. The zero-order valence-electron chi connectivity index (χ0n) is 12.2. The van der Waals surface area contributed by atoms with Gasteiger partial charge in [-0.2, -0.15) is 0 Å². The molecule has 1 heterocycles. The van der Waals surface area contributed by atoms with Crippen LogP contribution < -0.4 is 10.9 Å². The summed E-state index contributed by atoms with van der Waals surface area (Å²) in [4.78, 5) is 15.2. The van der Waals surface area contributed by atoms with E-state index in [-0.39, 0.29) is 5.56 Å². The molecule has 2 N–H and O–H groups in total. The highest BCUT2D eigenvalue weighted by Gasteiger charge is 2.13. The van der Waals surface area contributed by atoms with Crippen LogP contribution in [0.25, 0.3) is 10.9 Å². The monoisotopic (exact) mass is 292 g/mol. The van der Waals surface area contributed by atoms with Gasteiger partial charge in [0.15, 0.2) is 0 Å². The van der Waals surface area contributed by atoms with Crippen molar-refractivity contribution < 1.29 is 0 Å². The first-order valence-corrected chi connectivity index (χ1v) is 7.55. The lowest BCUT2D eigenvalue weighted by molar-refractivity contribution is 0.761. The number of anilines is 1. The minimum Gasteiger partial charge on any atom is -0.382 e. The lowest BCUT2D eigenvalue weighted by Crippen LogP contribution is -2.21. The van der Waals surface area contributed by atoms with Crippen molar-refractivity contribution in [2.24, 2.45) is 0 Å². The van der Waals surface area contributed by atoms with Crippen molar-refractivity contribution >= 4 is 28.2 Å². The van der Waals surface area contributed by atoms with Crippen LogP contribution in [-0.2, 0) is 6.42 Å². The number of hydrogen-bond donors (Lipinski definition) is 2. The van der Waals surface area contributed by atoms with Crippen LogP contribution in [0.3, 0.4) is 0 Å². The van der Waals surface area contributed by atoms with Gasteiger partial charge in [-0.05, 0) is 38.0 Å². The summed E-state index contributed by atoms with van der Waals surface area (Å²) in [6, 6.07) is 5.88. The third kappa shape index (κ3) is 2.98. The van der Waals surface area contributed by atoms with Crippen molar-refractivity contribution in [1.29, 1.82) is 0 Å². The topological polar surface area (TPSA) is 44.9 Å². The summed E-state index contributed by atoms with van der Waals surface area (Å²) in [7, 11) is 0. The average Bonchev–Trinajstić information content (AvgIpc) is 2.43. The highest BCUT2D eigenvalue weighted by Crippen LogP contribution is 2.28. The van der Waals surface area contributed by atoms with Crippen molar-refractivity contribution in [3.63, 3.8) is 0 Å². The van der Waals surface area contributed by atoms with E-state index < -0.39 is 0 Å². The van der Waals surface area contributed by atoms with Gasteiger partial charge in [-0.25, -0.2) is 0 Å². The number of halogens is 1. The summed E-state index contributed by atoms with van der Waals surface area (Å²) >= 11 is 6.11. The van der Waals surface area contributed by atoms with Crippen molar-refractivity contribution in [2.75, 3.05) is 5.32 Å². The van der Waals surface area contributed by atoms with E-state index in [1.807, 2.05) is 12.1 Å². The zero-order valence-corrected chi connectivity index (χ0v) is 13.0. The molecule has 1 atom stereocenters. The van der Waals surface area contributed by atoms with E-state index >= 15 is 0 Å². The van der Waals surface area contributed by atoms with Crippen LogP contribution >= 0.6 is 11.6 Å². The van der Waals surface area contributed by atoms with Crippen LogP contribution in [0.4, 0.5) is 5.69 Å². The highest BCUT2D eigenvalue weighted by molar-refractivity contribution is 6.31. The lowest BCUT2D eigenvalue weighted by Gasteiger charge is -2.18. The summed E-state index contributed by atoms with van der Waals surface area (Å²) in [5.41, 5.74) is 2.57. The molecular weight excluding hydrogens is 272 g/mol. The molecule has 0 fully saturated rings. The first kappa shape index (κ1) is 14.9. The minimum absolute atomic E-state index is 0.00697. The third-order valence-corrected chi connectivity index (χ3v) is 3.81. The first-order valence-electron chi connectivity index (χ1n) is 7.17. The molecule has 4 heteroatoms. The molecule has 0 aliphatic heterocycles. The van der Waals surface area contributed by atoms with Crippen molar-refractivity contribution in [2.45, 2.75) is 46.1 Å². The Kier molecular flexibility index (Phi) is 4.71. The minimum atomic E-state index is -0.00697. The Morgan fingerprint density at radius 1 is 1.35 bits per heavy atom. The number of rotatable bonds is 5.